The molecule has 0 aliphatic rings. The average Bonchev–Trinajstić information content (AvgIpc) is 2.35. The number of benzene rings is 2. The molecule has 0 heterocycles. The van der Waals surface area contributed by atoms with Crippen molar-refractivity contribution in [2.24, 2.45) is 0 Å². The summed E-state index contributed by atoms with van der Waals surface area (Å²) in [5.74, 6) is 2.06. The van der Waals surface area contributed by atoms with Crippen LogP contribution in [0.1, 0.15) is 17.7 Å². The van der Waals surface area contributed by atoms with Crippen molar-refractivity contribution in [2.75, 3.05) is 11.5 Å². The SMILES string of the molecule is CC(SCCS)c1ccc2ccccc2c1. The summed E-state index contributed by atoms with van der Waals surface area (Å²) in [5.41, 5.74) is 1.41. The van der Waals surface area contributed by atoms with Crippen molar-refractivity contribution in [1.82, 2.24) is 0 Å². The molecule has 84 valence electrons. The molecule has 1 unspecified atom stereocenters. The first-order valence-corrected chi connectivity index (χ1v) is 7.20. The molecule has 0 aliphatic heterocycles. The summed E-state index contributed by atoms with van der Waals surface area (Å²) >= 11 is 6.21. The van der Waals surface area contributed by atoms with E-state index in [9.17, 15) is 0 Å². The van der Waals surface area contributed by atoms with E-state index in [0.29, 0.717) is 5.25 Å². The number of thiol groups is 1. The molecule has 0 bridgehead atoms. The maximum atomic E-state index is 4.25. The van der Waals surface area contributed by atoms with E-state index in [1.807, 2.05) is 11.8 Å². The Morgan fingerprint density at radius 2 is 1.88 bits per heavy atom. The van der Waals surface area contributed by atoms with Gasteiger partial charge in [0.1, 0.15) is 0 Å². The Labute approximate surface area is 107 Å². The third-order valence-corrected chi connectivity index (χ3v) is 4.44. The molecule has 0 N–H and O–H groups in total. The summed E-state index contributed by atoms with van der Waals surface area (Å²) in [6, 6.07) is 15.3. The lowest BCUT2D eigenvalue weighted by Crippen LogP contribution is -1.91. The van der Waals surface area contributed by atoms with Crippen LogP contribution in [0, 0.1) is 0 Å². The second-order valence-corrected chi connectivity index (χ2v) is 5.74. The van der Waals surface area contributed by atoms with Gasteiger partial charge >= 0.3 is 0 Å². The summed E-state index contributed by atoms with van der Waals surface area (Å²) in [7, 11) is 0. The van der Waals surface area contributed by atoms with Crippen molar-refractivity contribution >= 4 is 35.2 Å². The van der Waals surface area contributed by atoms with E-state index in [2.05, 4.69) is 62.0 Å². The van der Waals surface area contributed by atoms with E-state index in [0.717, 1.165) is 11.5 Å². The molecule has 0 saturated carbocycles. The van der Waals surface area contributed by atoms with Crippen molar-refractivity contribution in [3.63, 3.8) is 0 Å². The molecule has 2 rings (SSSR count). The molecule has 2 aromatic carbocycles. The fraction of sp³-hybridized carbons (Fsp3) is 0.286. The molecular weight excluding hydrogens is 232 g/mol. The Balaban J connectivity index is 2.25. The van der Waals surface area contributed by atoms with Crippen molar-refractivity contribution in [3.8, 4) is 0 Å². The number of rotatable bonds is 4. The topological polar surface area (TPSA) is 0 Å². The normalized spacial score (nSPS) is 12.9. The first kappa shape index (κ1) is 11.9. The second-order valence-electron chi connectivity index (χ2n) is 3.84. The van der Waals surface area contributed by atoms with Gasteiger partial charge in [0, 0.05) is 11.0 Å². The van der Waals surface area contributed by atoms with Gasteiger partial charge in [0.25, 0.3) is 0 Å². The van der Waals surface area contributed by atoms with E-state index in [-0.39, 0.29) is 0 Å². The Hall–Kier alpha value is -0.600. The minimum absolute atomic E-state index is 0.553. The summed E-state index contributed by atoms with van der Waals surface area (Å²) in [6.45, 7) is 2.26. The number of hydrogen-bond acceptors (Lipinski definition) is 2. The Bertz CT molecular complexity index is 465. The van der Waals surface area contributed by atoms with E-state index in [1.165, 1.54) is 16.3 Å². The first-order valence-electron chi connectivity index (χ1n) is 5.52. The van der Waals surface area contributed by atoms with Crippen LogP contribution in [0.25, 0.3) is 10.8 Å². The molecule has 0 spiro atoms. The van der Waals surface area contributed by atoms with Gasteiger partial charge in [-0.1, -0.05) is 42.5 Å². The minimum atomic E-state index is 0.553. The molecule has 0 fully saturated rings. The highest BCUT2D eigenvalue weighted by molar-refractivity contribution is 8.00. The van der Waals surface area contributed by atoms with Gasteiger partial charge in [0.05, 0.1) is 0 Å². The van der Waals surface area contributed by atoms with Crippen LogP contribution in [0.4, 0.5) is 0 Å². The van der Waals surface area contributed by atoms with Gasteiger partial charge in [-0.3, -0.25) is 0 Å². The molecule has 1 atom stereocenters. The van der Waals surface area contributed by atoms with Gasteiger partial charge in [0.2, 0.25) is 0 Å². The first-order chi connectivity index (χ1) is 7.81. The van der Waals surface area contributed by atoms with Crippen LogP contribution in [0.3, 0.4) is 0 Å². The zero-order chi connectivity index (χ0) is 11.4. The highest BCUT2D eigenvalue weighted by Crippen LogP contribution is 2.30. The number of hydrogen-bond donors (Lipinski definition) is 1. The van der Waals surface area contributed by atoms with Gasteiger partial charge in [-0.25, -0.2) is 0 Å². The molecular formula is C14H16S2. The maximum Gasteiger partial charge on any atom is 0.0269 e. The zero-order valence-electron chi connectivity index (χ0n) is 9.39. The minimum Gasteiger partial charge on any atom is -0.179 e. The lowest BCUT2D eigenvalue weighted by atomic mass is 10.1. The molecule has 2 aromatic rings. The largest absolute Gasteiger partial charge is 0.179 e. The lowest BCUT2D eigenvalue weighted by molar-refractivity contribution is 1.10. The number of fused-ring (bicyclic) bond motifs is 1. The Morgan fingerprint density at radius 1 is 1.12 bits per heavy atom. The third kappa shape index (κ3) is 2.74. The van der Waals surface area contributed by atoms with Gasteiger partial charge in [-0.2, -0.15) is 24.4 Å². The lowest BCUT2D eigenvalue weighted by Gasteiger charge is -2.11. The molecule has 0 radical (unpaired) electrons. The molecule has 2 heteroatoms. The third-order valence-electron chi connectivity index (χ3n) is 2.70. The fourth-order valence-corrected chi connectivity index (χ4v) is 2.90. The van der Waals surface area contributed by atoms with Gasteiger partial charge < -0.3 is 0 Å². The van der Waals surface area contributed by atoms with Gasteiger partial charge in [-0.05, 0) is 29.0 Å². The molecule has 0 amide bonds. The van der Waals surface area contributed by atoms with Crippen molar-refractivity contribution in [2.45, 2.75) is 12.2 Å². The molecule has 0 nitrogen and oxygen atoms in total. The van der Waals surface area contributed by atoms with Crippen molar-refractivity contribution in [1.29, 1.82) is 0 Å². The monoisotopic (exact) mass is 248 g/mol. The zero-order valence-corrected chi connectivity index (χ0v) is 11.1. The van der Waals surface area contributed by atoms with Gasteiger partial charge in [-0.15, -0.1) is 0 Å². The van der Waals surface area contributed by atoms with E-state index in [1.54, 1.807) is 0 Å². The van der Waals surface area contributed by atoms with Crippen LogP contribution in [0.5, 0.6) is 0 Å². The van der Waals surface area contributed by atoms with E-state index in [4.69, 9.17) is 0 Å². The quantitative estimate of drug-likeness (QED) is 0.774. The standard InChI is InChI=1S/C14H16S2/c1-11(16-9-8-15)13-7-6-12-4-2-3-5-14(12)10-13/h2-7,10-11,15H,8-9H2,1H3. The number of thioether (sulfide) groups is 1. The summed E-state index contributed by atoms with van der Waals surface area (Å²) in [5, 5.41) is 3.20. The van der Waals surface area contributed by atoms with Crippen molar-refractivity contribution < 1.29 is 0 Å². The molecule has 16 heavy (non-hydrogen) atoms. The van der Waals surface area contributed by atoms with Crippen LogP contribution in [-0.4, -0.2) is 11.5 Å². The Kier molecular flexibility index (Phi) is 4.19. The summed E-state index contributed by atoms with van der Waals surface area (Å²) in [6.07, 6.45) is 0. The average molecular weight is 248 g/mol. The Morgan fingerprint density at radius 3 is 2.62 bits per heavy atom. The van der Waals surface area contributed by atoms with Crippen LogP contribution in [0.15, 0.2) is 42.5 Å². The van der Waals surface area contributed by atoms with Crippen LogP contribution in [-0.2, 0) is 0 Å². The summed E-state index contributed by atoms with van der Waals surface area (Å²) in [4.78, 5) is 0. The second kappa shape index (κ2) is 5.65. The van der Waals surface area contributed by atoms with Crippen LogP contribution >= 0.6 is 24.4 Å². The van der Waals surface area contributed by atoms with Crippen LogP contribution < -0.4 is 0 Å². The molecule has 0 saturated heterocycles. The van der Waals surface area contributed by atoms with Gasteiger partial charge in [0.15, 0.2) is 0 Å². The summed E-state index contributed by atoms with van der Waals surface area (Å²) < 4.78 is 0. The highest BCUT2D eigenvalue weighted by atomic mass is 32.2. The van der Waals surface area contributed by atoms with E-state index >= 15 is 0 Å². The predicted molar refractivity (Wildman–Crippen MR) is 78.7 cm³/mol. The molecule has 0 aromatic heterocycles. The highest BCUT2D eigenvalue weighted by Gasteiger charge is 2.05. The van der Waals surface area contributed by atoms with Crippen molar-refractivity contribution in [3.05, 3.63) is 48.0 Å². The fourth-order valence-electron chi connectivity index (χ4n) is 1.79. The van der Waals surface area contributed by atoms with Crippen LogP contribution in [0.2, 0.25) is 0 Å². The smallest absolute Gasteiger partial charge is 0.0269 e. The predicted octanol–water partition coefficient (Wildman–Crippen LogP) is 4.56. The van der Waals surface area contributed by atoms with E-state index < -0.39 is 0 Å². The molecule has 0 aliphatic carbocycles. The maximum absolute atomic E-state index is 4.25.